The molecule has 2 amide bonds. The number of piperidine rings is 1. The van der Waals surface area contributed by atoms with E-state index in [2.05, 4.69) is 22.1 Å². The van der Waals surface area contributed by atoms with E-state index in [9.17, 15) is 9.59 Å². The van der Waals surface area contributed by atoms with Gasteiger partial charge in [0.2, 0.25) is 5.91 Å². The van der Waals surface area contributed by atoms with Gasteiger partial charge in [-0.15, -0.1) is 0 Å². The smallest absolute Gasteiger partial charge is 0.250 e. The number of nitrogens with one attached hydrogen (secondary N) is 1. The number of imidazole rings is 1. The molecule has 0 aliphatic carbocycles. The maximum Gasteiger partial charge on any atom is 0.250 e. The van der Waals surface area contributed by atoms with Crippen LogP contribution in [0.5, 0.6) is 0 Å². The van der Waals surface area contributed by atoms with Gasteiger partial charge in [0.1, 0.15) is 11.9 Å². The first-order valence-electron chi connectivity index (χ1n) is 9.92. The van der Waals surface area contributed by atoms with Gasteiger partial charge in [-0.3, -0.25) is 9.59 Å². The highest BCUT2D eigenvalue weighted by atomic mass is 16.2. The van der Waals surface area contributed by atoms with Crippen LogP contribution in [-0.2, 0) is 11.2 Å². The zero-order valence-electron chi connectivity index (χ0n) is 16.8. The van der Waals surface area contributed by atoms with E-state index in [1.54, 1.807) is 18.3 Å². The maximum absolute atomic E-state index is 12.8. The molecular formula is C21H29N5O2. The normalized spacial score (nSPS) is 16.0. The summed E-state index contributed by atoms with van der Waals surface area (Å²) in [6.07, 6.45) is 6.44. The minimum Gasteiger partial charge on any atom is -0.371 e. The van der Waals surface area contributed by atoms with E-state index in [-0.39, 0.29) is 11.9 Å². The van der Waals surface area contributed by atoms with Crippen LogP contribution < -0.4 is 16.0 Å². The molecule has 1 aliphatic rings. The van der Waals surface area contributed by atoms with Gasteiger partial charge in [-0.25, -0.2) is 4.98 Å². The lowest BCUT2D eigenvalue weighted by molar-refractivity contribution is -0.118. The molecule has 2 heterocycles. The fourth-order valence-corrected chi connectivity index (χ4v) is 3.67. The Hall–Kier alpha value is -2.83. The summed E-state index contributed by atoms with van der Waals surface area (Å²) in [5, 5.41) is 2.97. The van der Waals surface area contributed by atoms with E-state index >= 15 is 0 Å². The van der Waals surface area contributed by atoms with Crippen LogP contribution in [0.25, 0.3) is 0 Å². The highest BCUT2D eigenvalue weighted by Gasteiger charge is 2.22. The highest BCUT2D eigenvalue weighted by Crippen LogP contribution is 2.29. The highest BCUT2D eigenvalue weighted by molar-refractivity contribution is 6.01. The van der Waals surface area contributed by atoms with Gasteiger partial charge >= 0.3 is 0 Å². The first-order valence-corrected chi connectivity index (χ1v) is 9.92. The van der Waals surface area contributed by atoms with Crippen molar-refractivity contribution >= 4 is 23.2 Å². The number of benzene rings is 1. The molecule has 1 aliphatic heterocycles. The topological polar surface area (TPSA) is 93.2 Å². The van der Waals surface area contributed by atoms with Gasteiger partial charge in [0.25, 0.3) is 5.91 Å². The number of amides is 2. The van der Waals surface area contributed by atoms with Crippen molar-refractivity contribution in [3.8, 4) is 0 Å². The summed E-state index contributed by atoms with van der Waals surface area (Å²) in [5.41, 5.74) is 7.52. The van der Waals surface area contributed by atoms with Gasteiger partial charge in [0.15, 0.2) is 0 Å². The number of carbonyl (C=O) groups is 2. The molecule has 3 N–H and O–H groups in total. The zero-order chi connectivity index (χ0) is 20.3. The Kier molecular flexibility index (Phi) is 6.02. The Bertz CT molecular complexity index is 852. The van der Waals surface area contributed by atoms with Crippen LogP contribution in [0.15, 0.2) is 30.6 Å². The molecule has 150 valence electrons. The predicted molar refractivity (Wildman–Crippen MR) is 111 cm³/mol. The van der Waals surface area contributed by atoms with Gasteiger partial charge < -0.3 is 20.5 Å². The molecule has 3 rings (SSSR count). The summed E-state index contributed by atoms with van der Waals surface area (Å²) >= 11 is 0. The molecule has 1 unspecified atom stereocenters. The summed E-state index contributed by atoms with van der Waals surface area (Å²) in [6.45, 7) is 7.86. The largest absolute Gasteiger partial charge is 0.371 e. The number of carbonyl (C=O) groups excluding carboxylic acids is 2. The molecule has 7 heteroatoms. The summed E-state index contributed by atoms with van der Waals surface area (Å²) < 4.78 is 1.88. The second-order valence-corrected chi connectivity index (χ2v) is 7.54. The Morgan fingerprint density at radius 1 is 1.32 bits per heavy atom. The number of hydrogen-bond donors (Lipinski definition) is 2. The van der Waals surface area contributed by atoms with E-state index in [4.69, 9.17) is 5.73 Å². The minimum absolute atomic E-state index is 0.127. The number of nitrogens with zero attached hydrogens (tertiary/aromatic N) is 3. The second kappa shape index (κ2) is 8.46. The lowest BCUT2D eigenvalue weighted by Gasteiger charge is -2.33. The van der Waals surface area contributed by atoms with Crippen LogP contribution >= 0.6 is 0 Å². The fourth-order valence-electron chi connectivity index (χ4n) is 3.67. The summed E-state index contributed by atoms with van der Waals surface area (Å²) in [6, 6.07) is 4.91. The Balaban J connectivity index is 1.81. The monoisotopic (exact) mass is 383 g/mol. The number of nitrogens with two attached hydrogens (primary N) is 1. The second-order valence-electron chi connectivity index (χ2n) is 7.54. The van der Waals surface area contributed by atoms with E-state index < -0.39 is 5.91 Å². The van der Waals surface area contributed by atoms with Crippen LogP contribution in [0, 0.1) is 5.92 Å². The number of aromatic nitrogens is 2. The Labute approximate surface area is 165 Å². The molecule has 2 aromatic rings. The molecule has 1 fully saturated rings. The third kappa shape index (κ3) is 4.18. The van der Waals surface area contributed by atoms with Crippen LogP contribution in [0.2, 0.25) is 0 Å². The third-order valence-electron chi connectivity index (χ3n) is 5.52. The van der Waals surface area contributed by atoms with Crippen molar-refractivity contribution in [2.75, 3.05) is 23.3 Å². The number of anilines is 2. The lowest BCUT2D eigenvalue weighted by Crippen LogP contribution is -2.34. The maximum atomic E-state index is 12.8. The quantitative estimate of drug-likeness (QED) is 0.802. The number of aryl methyl sites for hydroxylation is 1. The van der Waals surface area contributed by atoms with Gasteiger partial charge in [-0.2, -0.15) is 0 Å². The van der Waals surface area contributed by atoms with Crippen LogP contribution in [0.1, 0.15) is 55.8 Å². The average Bonchev–Trinajstić information content (AvgIpc) is 3.16. The summed E-state index contributed by atoms with van der Waals surface area (Å²) in [4.78, 5) is 31.1. The van der Waals surface area contributed by atoms with Gasteiger partial charge in [-0.05, 0) is 43.9 Å². The first-order chi connectivity index (χ1) is 13.4. The van der Waals surface area contributed by atoms with Crippen molar-refractivity contribution in [3.63, 3.8) is 0 Å². The van der Waals surface area contributed by atoms with E-state index in [1.165, 1.54) is 0 Å². The van der Waals surface area contributed by atoms with E-state index in [1.807, 2.05) is 30.7 Å². The predicted octanol–water partition coefficient (Wildman–Crippen LogP) is 2.98. The third-order valence-corrected chi connectivity index (χ3v) is 5.52. The molecule has 7 nitrogen and oxygen atoms in total. The average molecular weight is 383 g/mol. The molecule has 0 radical (unpaired) electrons. The molecule has 0 spiro atoms. The zero-order valence-corrected chi connectivity index (χ0v) is 16.8. The number of hydrogen-bond acceptors (Lipinski definition) is 4. The molecule has 0 bridgehead atoms. The number of primary amides is 1. The van der Waals surface area contributed by atoms with Gasteiger partial charge in [0, 0.05) is 37.6 Å². The van der Waals surface area contributed by atoms with Crippen molar-refractivity contribution in [1.82, 2.24) is 9.55 Å². The van der Waals surface area contributed by atoms with Gasteiger partial charge in [-0.1, -0.05) is 13.8 Å². The van der Waals surface area contributed by atoms with Crippen molar-refractivity contribution in [3.05, 3.63) is 42.0 Å². The minimum atomic E-state index is -0.453. The molecule has 1 aromatic carbocycles. The Morgan fingerprint density at radius 3 is 2.68 bits per heavy atom. The molecule has 28 heavy (non-hydrogen) atoms. The van der Waals surface area contributed by atoms with Crippen molar-refractivity contribution in [2.45, 2.75) is 46.1 Å². The molecule has 1 atom stereocenters. The van der Waals surface area contributed by atoms with Crippen LogP contribution in [-0.4, -0.2) is 34.5 Å². The lowest BCUT2D eigenvalue weighted by atomic mass is 9.98. The molecule has 0 saturated carbocycles. The van der Waals surface area contributed by atoms with E-state index in [0.717, 1.165) is 43.9 Å². The van der Waals surface area contributed by atoms with Crippen molar-refractivity contribution in [2.24, 2.45) is 11.7 Å². The SMILES string of the molecule is CCc1nccn1C(C)C(=O)Nc1ccc(C(N)=O)c(N2CCC(C)CC2)c1. The number of rotatable bonds is 6. The van der Waals surface area contributed by atoms with Crippen LogP contribution in [0.4, 0.5) is 11.4 Å². The van der Waals surface area contributed by atoms with Crippen LogP contribution in [0.3, 0.4) is 0 Å². The van der Waals surface area contributed by atoms with Gasteiger partial charge in [0.05, 0.1) is 11.3 Å². The fraction of sp³-hybridized carbons (Fsp3) is 0.476. The molecule has 1 saturated heterocycles. The first kappa shape index (κ1) is 19.9. The summed E-state index contributed by atoms with van der Waals surface area (Å²) in [5.74, 6) is 0.971. The Morgan fingerprint density at radius 2 is 2.04 bits per heavy atom. The molecular weight excluding hydrogens is 354 g/mol. The standard InChI is InChI=1S/C21H29N5O2/c1-4-19-23-9-12-26(19)15(3)21(28)24-16-5-6-17(20(22)27)18(13-16)25-10-7-14(2)8-11-25/h5-6,9,12-15H,4,7-8,10-11H2,1-3H3,(H2,22,27)(H,24,28). The van der Waals surface area contributed by atoms with Crippen molar-refractivity contribution < 1.29 is 9.59 Å². The van der Waals surface area contributed by atoms with Crippen molar-refractivity contribution in [1.29, 1.82) is 0 Å². The summed E-state index contributed by atoms with van der Waals surface area (Å²) in [7, 11) is 0. The molecule has 1 aromatic heterocycles. The van der Waals surface area contributed by atoms with E-state index in [0.29, 0.717) is 17.2 Å².